The molecule has 2 aromatic carbocycles. The first-order valence-electron chi connectivity index (χ1n) is 6.38. The van der Waals surface area contributed by atoms with Gasteiger partial charge in [-0.25, -0.2) is 0 Å². The van der Waals surface area contributed by atoms with E-state index in [0.29, 0.717) is 0 Å². The fourth-order valence-electron chi connectivity index (χ4n) is 2.14. The zero-order valence-electron chi connectivity index (χ0n) is 11.0. The number of aromatic hydroxyl groups is 2. The minimum absolute atomic E-state index is 0.273. The molecule has 0 bridgehead atoms. The molecule has 0 radical (unpaired) electrons. The van der Waals surface area contributed by atoms with Crippen molar-refractivity contribution in [1.82, 2.24) is 0 Å². The molecule has 0 heterocycles. The summed E-state index contributed by atoms with van der Waals surface area (Å²) in [5.41, 5.74) is 2.35. The Labute approximate surface area is 113 Å². The van der Waals surface area contributed by atoms with Crippen molar-refractivity contribution >= 4 is 0 Å². The van der Waals surface area contributed by atoms with E-state index in [-0.39, 0.29) is 17.4 Å². The van der Waals surface area contributed by atoms with Crippen LogP contribution in [0.4, 0.5) is 0 Å². The van der Waals surface area contributed by atoms with E-state index in [1.807, 2.05) is 37.3 Å². The standard InChI is InChI=1S/C17H18O2/c1-2-3-15(14-6-10-17(19)11-7-14)12-13-4-8-16(18)9-5-13/h2-11,15,18-19H,12H2,1H3. The Balaban J connectivity index is 2.20. The molecule has 98 valence electrons. The van der Waals surface area contributed by atoms with E-state index < -0.39 is 0 Å². The van der Waals surface area contributed by atoms with Crippen LogP contribution < -0.4 is 0 Å². The lowest BCUT2D eigenvalue weighted by atomic mass is 9.91. The summed E-state index contributed by atoms with van der Waals surface area (Å²) in [5, 5.41) is 18.6. The summed E-state index contributed by atoms with van der Waals surface area (Å²) in [7, 11) is 0. The molecule has 1 atom stereocenters. The summed E-state index contributed by atoms with van der Waals surface area (Å²) in [6.07, 6.45) is 5.06. The first-order chi connectivity index (χ1) is 9.19. The number of hydrogen-bond donors (Lipinski definition) is 2. The van der Waals surface area contributed by atoms with E-state index in [0.717, 1.165) is 6.42 Å². The minimum atomic E-state index is 0.273. The Kier molecular flexibility index (Phi) is 4.24. The topological polar surface area (TPSA) is 40.5 Å². The summed E-state index contributed by atoms with van der Waals surface area (Å²) in [6, 6.07) is 14.6. The first kappa shape index (κ1) is 13.2. The van der Waals surface area contributed by atoms with Crippen LogP contribution in [-0.4, -0.2) is 10.2 Å². The molecule has 2 aromatic rings. The van der Waals surface area contributed by atoms with E-state index in [4.69, 9.17) is 0 Å². The highest BCUT2D eigenvalue weighted by Crippen LogP contribution is 2.25. The van der Waals surface area contributed by atoms with Crippen molar-refractivity contribution in [2.24, 2.45) is 0 Å². The van der Waals surface area contributed by atoms with Gasteiger partial charge in [-0.05, 0) is 48.7 Å². The van der Waals surface area contributed by atoms with Gasteiger partial charge in [0.05, 0.1) is 0 Å². The number of phenolic OH excluding ortho intramolecular Hbond substituents is 2. The molecule has 2 heteroatoms. The van der Waals surface area contributed by atoms with Crippen LogP contribution in [0.5, 0.6) is 11.5 Å². The lowest BCUT2D eigenvalue weighted by Gasteiger charge is -2.13. The summed E-state index contributed by atoms with van der Waals surface area (Å²) >= 11 is 0. The van der Waals surface area contributed by atoms with Gasteiger partial charge < -0.3 is 10.2 Å². The largest absolute Gasteiger partial charge is 0.508 e. The van der Waals surface area contributed by atoms with Gasteiger partial charge in [-0.3, -0.25) is 0 Å². The molecule has 0 amide bonds. The number of rotatable bonds is 4. The van der Waals surface area contributed by atoms with Crippen molar-refractivity contribution in [1.29, 1.82) is 0 Å². The van der Waals surface area contributed by atoms with Crippen LogP contribution in [0.15, 0.2) is 60.7 Å². The van der Waals surface area contributed by atoms with Crippen molar-refractivity contribution in [3.63, 3.8) is 0 Å². The van der Waals surface area contributed by atoms with Gasteiger partial charge in [0.2, 0.25) is 0 Å². The van der Waals surface area contributed by atoms with Crippen molar-refractivity contribution in [3.05, 3.63) is 71.8 Å². The fraction of sp³-hybridized carbons (Fsp3) is 0.176. The molecular formula is C17H18O2. The van der Waals surface area contributed by atoms with Gasteiger partial charge >= 0.3 is 0 Å². The monoisotopic (exact) mass is 254 g/mol. The molecule has 0 aliphatic rings. The highest BCUT2D eigenvalue weighted by molar-refractivity contribution is 5.33. The maximum Gasteiger partial charge on any atom is 0.115 e. The van der Waals surface area contributed by atoms with Crippen LogP contribution in [0.3, 0.4) is 0 Å². The summed E-state index contributed by atoms with van der Waals surface area (Å²) in [4.78, 5) is 0. The SMILES string of the molecule is CC=CC(Cc1ccc(O)cc1)c1ccc(O)cc1. The van der Waals surface area contributed by atoms with Crippen LogP contribution in [0.1, 0.15) is 24.0 Å². The number of hydrogen-bond acceptors (Lipinski definition) is 2. The van der Waals surface area contributed by atoms with E-state index in [1.165, 1.54) is 11.1 Å². The number of phenols is 2. The number of benzene rings is 2. The van der Waals surface area contributed by atoms with Gasteiger partial charge in [0.1, 0.15) is 11.5 Å². The van der Waals surface area contributed by atoms with E-state index in [9.17, 15) is 10.2 Å². The fourth-order valence-corrected chi connectivity index (χ4v) is 2.14. The molecule has 2 nitrogen and oxygen atoms in total. The van der Waals surface area contributed by atoms with Gasteiger partial charge in [0.15, 0.2) is 0 Å². The van der Waals surface area contributed by atoms with E-state index in [2.05, 4.69) is 6.08 Å². The number of allylic oxidation sites excluding steroid dienone is 2. The summed E-state index contributed by atoms with van der Waals surface area (Å²) < 4.78 is 0. The zero-order chi connectivity index (χ0) is 13.7. The molecule has 0 saturated carbocycles. The normalized spacial score (nSPS) is 12.7. The molecule has 0 saturated heterocycles. The second-order valence-corrected chi connectivity index (χ2v) is 4.59. The van der Waals surface area contributed by atoms with Gasteiger partial charge in [-0.1, -0.05) is 36.4 Å². The van der Waals surface area contributed by atoms with Crippen LogP contribution in [0.2, 0.25) is 0 Å². The van der Waals surface area contributed by atoms with Gasteiger partial charge in [-0.15, -0.1) is 0 Å². The second kappa shape index (κ2) is 6.10. The lowest BCUT2D eigenvalue weighted by Crippen LogP contribution is -1.99. The third-order valence-electron chi connectivity index (χ3n) is 3.14. The maximum absolute atomic E-state index is 9.34. The Morgan fingerprint density at radius 2 is 1.42 bits per heavy atom. The van der Waals surface area contributed by atoms with Crippen molar-refractivity contribution in [3.8, 4) is 11.5 Å². The van der Waals surface area contributed by atoms with Gasteiger partial charge in [0, 0.05) is 5.92 Å². The summed E-state index contributed by atoms with van der Waals surface area (Å²) in [6.45, 7) is 2.00. The summed E-state index contributed by atoms with van der Waals surface area (Å²) in [5.74, 6) is 0.846. The molecule has 0 aliphatic carbocycles. The third-order valence-corrected chi connectivity index (χ3v) is 3.14. The van der Waals surface area contributed by atoms with Crippen LogP contribution in [0.25, 0.3) is 0 Å². The van der Waals surface area contributed by atoms with Crippen LogP contribution >= 0.6 is 0 Å². The third kappa shape index (κ3) is 3.62. The van der Waals surface area contributed by atoms with Crippen molar-refractivity contribution in [2.75, 3.05) is 0 Å². The van der Waals surface area contributed by atoms with Gasteiger partial charge in [-0.2, -0.15) is 0 Å². The average molecular weight is 254 g/mol. The zero-order valence-corrected chi connectivity index (χ0v) is 11.0. The molecular weight excluding hydrogens is 236 g/mol. The van der Waals surface area contributed by atoms with Crippen molar-refractivity contribution in [2.45, 2.75) is 19.3 Å². The Bertz CT molecular complexity index is 538. The first-order valence-corrected chi connectivity index (χ1v) is 6.38. The molecule has 19 heavy (non-hydrogen) atoms. The predicted octanol–water partition coefficient (Wildman–Crippen LogP) is 4.00. The molecule has 0 aliphatic heterocycles. The Morgan fingerprint density at radius 1 is 0.895 bits per heavy atom. The Hall–Kier alpha value is -2.22. The van der Waals surface area contributed by atoms with Crippen LogP contribution in [0, 0.1) is 0 Å². The molecule has 0 spiro atoms. The van der Waals surface area contributed by atoms with Gasteiger partial charge in [0.25, 0.3) is 0 Å². The molecule has 1 unspecified atom stereocenters. The lowest BCUT2D eigenvalue weighted by molar-refractivity contribution is 0.474. The second-order valence-electron chi connectivity index (χ2n) is 4.59. The van der Waals surface area contributed by atoms with Crippen LogP contribution in [-0.2, 0) is 6.42 Å². The van der Waals surface area contributed by atoms with E-state index >= 15 is 0 Å². The average Bonchev–Trinajstić information content (AvgIpc) is 2.42. The highest BCUT2D eigenvalue weighted by atomic mass is 16.3. The molecule has 2 rings (SSSR count). The molecule has 0 fully saturated rings. The smallest absolute Gasteiger partial charge is 0.115 e. The molecule has 2 N–H and O–H groups in total. The quantitative estimate of drug-likeness (QED) is 0.810. The van der Waals surface area contributed by atoms with Crippen molar-refractivity contribution < 1.29 is 10.2 Å². The predicted molar refractivity (Wildman–Crippen MR) is 77.5 cm³/mol. The molecule has 0 aromatic heterocycles. The highest BCUT2D eigenvalue weighted by Gasteiger charge is 2.09. The van der Waals surface area contributed by atoms with E-state index in [1.54, 1.807) is 24.3 Å². The minimum Gasteiger partial charge on any atom is -0.508 e. The maximum atomic E-state index is 9.34. The Morgan fingerprint density at radius 3 is 1.95 bits per heavy atom.